The molecule has 0 amide bonds. The highest BCUT2D eigenvalue weighted by atomic mass is 15.0. The van der Waals surface area contributed by atoms with Crippen LogP contribution in [0.1, 0.15) is 0 Å². The average Bonchev–Trinajstić information content (AvgIpc) is 3.91. The fourth-order valence-corrected chi connectivity index (χ4v) is 9.73. The van der Waals surface area contributed by atoms with Crippen LogP contribution in [-0.4, -0.2) is 24.1 Å². The van der Waals surface area contributed by atoms with Crippen LogP contribution >= 0.6 is 0 Å². The molecule has 3 aromatic heterocycles. The van der Waals surface area contributed by atoms with Gasteiger partial charge in [0.1, 0.15) is 0 Å². The Morgan fingerprint density at radius 2 is 0.606 bits per heavy atom. The van der Waals surface area contributed by atoms with Gasteiger partial charge in [0.05, 0.1) is 22.1 Å². The van der Waals surface area contributed by atoms with Gasteiger partial charge in [0.15, 0.2) is 17.5 Å². The molecule has 5 heteroatoms. The van der Waals surface area contributed by atoms with Crippen LogP contribution in [0.4, 0.5) is 0 Å². The lowest BCUT2D eigenvalue weighted by Crippen LogP contribution is -2.00. The quantitative estimate of drug-likeness (QED) is 0.161. The van der Waals surface area contributed by atoms with Gasteiger partial charge in [-0.2, -0.15) is 0 Å². The lowest BCUT2D eigenvalue weighted by Gasteiger charge is -2.11. The fourth-order valence-electron chi connectivity index (χ4n) is 9.73. The van der Waals surface area contributed by atoms with Crippen molar-refractivity contribution in [1.29, 1.82) is 0 Å². The van der Waals surface area contributed by atoms with Gasteiger partial charge in [0.2, 0.25) is 0 Å². The minimum absolute atomic E-state index is 0.636. The summed E-state index contributed by atoms with van der Waals surface area (Å²) in [6.45, 7) is 0. The first-order chi connectivity index (χ1) is 32.7. The number of para-hydroxylation sites is 2. The molecule has 0 unspecified atom stereocenters. The van der Waals surface area contributed by atoms with Gasteiger partial charge in [-0.25, -0.2) is 15.0 Å². The van der Waals surface area contributed by atoms with E-state index in [0.717, 1.165) is 33.4 Å². The monoisotopic (exact) mass is 841 g/mol. The van der Waals surface area contributed by atoms with Crippen molar-refractivity contribution in [2.24, 2.45) is 0 Å². The van der Waals surface area contributed by atoms with E-state index in [1.807, 2.05) is 60.7 Å². The van der Waals surface area contributed by atoms with Crippen molar-refractivity contribution in [3.63, 3.8) is 0 Å². The molecule has 0 aliphatic carbocycles. The summed E-state index contributed by atoms with van der Waals surface area (Å²) >= 11 is 0. The Morgan fingerprint density at radius 1 is 0.227 bits per heavy atom. The topological polar surface area (TPSA) is 48.5 Å². The predicted octanol–water partition coefficient (Wildman–Crippen LogP) is 15.6. The molecule has 0 aliphatic rings. The van der Waals surface area contributed by atoms with Gasteiger partial charge in [-0.3, -0.25) is 0 Å². The zero-order valence-corrected chi connectivity index (χ0v) is 35.8. The van der Waals surface area contributed by atoms with E-state index in [4.69, 9.17) is 15.0 Å². The predicted molar refractivity (Wildman–Crippen MR) is 273 cm³/mol. The van der Waals surface area contributed by atoms with Gasteiger partial charge in [0.25, 0.3) is 0 Å². The molecule has 0 atom stereocenters. The van der Waals surface area contributed by atoms with Crippen molar-refractivity contribution in [2.45, 2.75) is 0 Å². The third kappa shape index (κ3) is 6.36. The summed E-state index contributed by atoms with van der Waals surface area (Å²) in [5, 5.41) is 7.40. The van der Waals surface area contributed by atoms with Crippen molar-refractivity contribution >= 4 is 54.4 Å². The Labute approximate surface area is 381 Å². The molecule has 0 fully saturated rings. The average molecular weight is 842 g/mol. The molecule has 13 rings (SSSR count). The summed E-state index contributed by atoms with van der Waals surface area (Å²) in [4.78, 5) is 14.8. The minimum atomic E-state index is 0.636. The summed E-state index contributed by atoms with van der Waals surface area (Å²) in [5.41, 5.74) is 14.5. The van der Waals surface area contributed by atoms with Crippen molar-refractivity contribution in [3.8, 4) is 67.8 Å². The van der Waals surface area contributed by atoms with E-state index in [1.54, 1.807) is 0 Å². The zero-order valence-electron chi connectivity index (χ0n) is 35.8. The van der Waals surface area contributed by atoms with Crippen LogP contribution in [-0.2, 0) is 0 Å². The first kappa shape index (κ1) is 37.6. The zero-order chi connectivity index (χ0) is 43.6. The van der Waals surface area contributed by atoms with Crippen LogP contribution < -0.4 is 0 Å². The van der Waals surface area contributed by atoms with Gasteiger partial charge < -0.3 is 9.13 Å². The maximum absolute atomic E-state index is 4.96. The summed E-state index contributed by atoms with van der Waals surface area (Å²) in [6.07, 6.45) is 0. The van der Waals surface area contributed by atoms with Crippen molar-refractivity contribution in [3.05, 3.63) is 237 Å². The molecule has 3 heterocycles. The number of rotatable bonds is 7. The number of benzene rings is 10. The van der Waals surface area contributed by atoms with Crippen LogP contribution in [0.3, 0.4) is 0 Å². The summed E-state index contributed by atoms with van der Waals surface area (Å²) < 4.78 is 4.75. The lowest BCUT2D eigenvalue weighted by atomic mass is 9.98. The lowest BCUT2D eigenvalue weighted by molar-refractivity contribution is 1.07. The Bertz CT molecular complexity index is 3900. The molecule has 10 aromatic carbocycles. The standard InChI is InChI=1S/C61H39N5/c1-3-14-43(15-4-1)59-62-60(44-16-5-2-6-17-44)64-61(63-59)45-28-32-49(33-29-45)65-55-21-11-9-19-51(55)53-38-47(30-35-57(53)65)41-23-25-42(26-24-41)48-31-36-58-54(39-48)52-20-10-12-22-56(52)66(58)50-34-27-40-13-7-8-18-46(40)37-50/h1-39H. The Balaban J connectivity index is 0.836. The number of nitrogens with zero attached hydrogens (tertiary/aromatic N) is 5. The molecule has 13 aromatic rings. The van der Waals surface area contributed by atoms with Gasteiger partial charge in [-0.05, 0) is 106 Å². The van der Waals surface area contributed by atoms with Gasteiger partial charge in [-0.1, -0.05) is 164 Å². The van der Waals surface area contributed by atoms with Crippen molar-refractivity contribution < 1.29 is 0 Å². The molecule has 0 N–H and O–H groups in total. The number of fused-ring (bicyclic) bond motifs is 7. The fraction of sp³-hybridized carbons (Fsp3) is 0. The number of hydrogen-bond donors (Lipinski definition) is 0. The first-order valence-electron chi connectivity index (χ1n) is 22.3. The molecule has 308 valence electrons. The Morgan fingerprint density at radius 3 is 1.14 bits per heavy atom. The van der Waals surface area contributed by atoms with Crippen molar-refractivity contribution in [1.82, 2.24) is 24.1 Å². The highest BCUT2D eigenvalue weighted by molar-refractivity contribution is 6.12. The highest BCUT2D eigenvalue weighted by Gasteiger charge is 2.17. The third-order valence-electron chi connectivity index (χ3n) is 13.0. The second-order valence-electron chi connectivity index (χ2n) is 16.9. The molecule has 0 radical (unpaired) electrons. The normalized spacial score (nSPS) is 11.6. The second kappa shape index (κ2) is 15.4. The molecule has 5 nitrogen and oxygen atoms in total. The molecular formula is C61H39N5. The van der Waals surface area contributed by atoms with Crippen LogP contribution in [0, 0.1) is 0 Å². The van der Waals surface area contributed by atoms with Gasteiger partial charge in [0, 0.05) is 49.6 Å². The van der Waals surface area contributed by atoms with E-state index in [9.17, 15) is 0 Å². The van der Waals surface area contributed by atoms with Crippen LogP contribution in [0.2, 0.25) is 0 Å². The molecule has 0 saturated heterocycles. The molecule has 0 aliphatic heterocycles. The highest BCUT2D eigenvalue weighted by Crippen LogP contribution is 2.38. The number of hydrogen-bond acceptors (Lipinski definition) is 3. The second-order valence-corrected chi connectivity index (χ2v) is 16.9. The summed E-state index contributed by atoms with van der Waals surface area (Å²) in [6, 6.07) is 84.2. The van der Waals surface area contributed by atoms with Crippen LogP contribution in [0.25, 0.3) is 122 Å². The largest absolute Gasteiger partial charge is 0.309 e. The molecule has 0 saturated carbocycles. The minimum Gasteiger partial charge on any atom is -0.309 e. The third-order valence-corrected chi connectivity index (χ3v) is 13.0. The summed E-state index contributed by atoms with van der Waals surface area (Å²) in [5.74, 6) is 1.93. The van der Waals surface area contributed by atoms with Crippen LogP contribution in [0.15, 0.2) is 237 Å². The SMILES string of the molecule is c1ccc(-c2nc(-c3ccccc3)nc(-c3ccc(-n4c5ccccc5c5cc(-c6ccc(-c7ccc8c(c7)c7ccccc7n8-c7ccc8ccccc8c7)cc6)ccc54)cc3)n2)cc1. The first-order valence-corrected chi connectivity index (χ1v) is 22.3. The Hall–Kier alpha value is -8.93. The molecular weight excluding hydrogens is 803 g/mol. The Kier molecular flexibility index (Phi) is 8.78. The van der Waals surface area contributed by atoms with Gasteiger partial charge >= 0.3 is 0 Å². The van der Waals surface area contributed by atoms with E-state index in [2.05, 4.69) is 185 Å². The van der Waals surface area contributed by atoms with E-state index >= 15 is 0 Å². The van der Waals surface area contributed by atoms with E-state index in [0.29, 0.717) is 17.5 Å². The molecule has 66 heavy (non-hydrogen) atoms. The summed E-state index contributed by atoms with van der Waals surface area (Å²) in [7, 11) is 0. The molecule has 0 spiro atoms. The smallest absolute Gasteiger partial charge is 0.164 e. The maximum atomic E-state index is 4.96. The van der Waals surface area contributed by atoms with E-state index in [-0.39, 0.29) is 0 Å². The van der Waals surface area contributed by atoms with E-state index in [1.165, 1.54) is 71.3 Å². The van der Waals surface area contributed by atoms with Crippen molar-refractivity contribution in [2.75, 3.05) is 0 Å². The molecule has 0 bridgehead atoms. The van der Waals surface area contributed by atoms with E-state index < -0.39 is 0 Å². The van der Waals surface area contributed by atoms with Crippen LogP contribution in [0.5, 0.6) is 0 Å². The maximum Gasteiger partial charge on any atom is 0.164 e. The number of aromatic nitrogens is 5. The van der Waals surface area contributed by atoms with Gasteiger partial charge in [-0.15, -0.1) is 0 Å².